The van der Waals surface area contributed by atoms with Gasteiger partial charge in [0, 0.05) is 13.8 Å². The highest BCUT2D eigenvalue weighted by Gasteiger charge is 2.72. The van der Waals surface area contributed by atoms with Gasteiger partial charge in [-0.15, -0.1) is 0 Å². The van der Waals surface area contributed by atoms with Crippen molar-refractivity contribution in [2.24, 2.45) is 50.2 Å². The topological polar surface area (TPSA) is 557 Å². The number of carboxylic acid groups (broad SMARTS) is 1. The van der Waals surface area contributed by atoms with Gasteiger partial charge in [-0.1, -0.05) is 53.2 Å². The second-order valence-corrected chi connectivity index (χ2v) is 34.2. The summed E-state index contributed by atoms with van der Waals surface area (Å²) in [5.41, 5.74) is -3.69. The highest BCUT2D eigenvalue weighted by atomic mass is 16.8. The summed E-state index contributed by atoms with van der Waals surface area (Å²) in [5.74, 6) is -5.16. The molecule has 7 aliphatic heterocycles. The van der Waals surface area contributed by atoms with Crippen LogP contribution < -0.4 is 0 Å². The van der Waals surface area contributed by atoms with Crippen LogP contribution in [0.5, 0.6) is 0 Å². The van der Waals surface area contributed by atoms with Crippen molar-refractivity contribution in [3.63, 3.8) is 0 Å². The van der Waals surface area contributed by atoms with Crippen molar-refractivity contribution < 1.29 is 181 Å². The van der Waals surface area contributed by atoms with Gasteiger partial charge in [0.15, 0.2) is 62.2 Å². The molecule has 0 bridgehead atoms. The van der Waals surface area contributed by atoms with Crippen molar-refractivity contribution in [1.82, 2.24) is 0 Å². The van der Waals surface area contributed by atoms with Gasteiger partial charge in [-0.3, -0.25) is 14.4 Å². The molecule has 0 radical (unpaired) electrons. The van der Waals surface area contributed by atoms with Crippen LogP contribution in [0.25, 0.3) is 0 Å². The third-order valence-electron chi connectivity index (χ3n) is 27.0. The van der Waals surface area contributed by atoms with Crippen LogP contribution in [0.2, 0.25) is 0 Å². The Bertz CT molecular complexity index is 3290. The fourth-order valence-electron chi connectivity index (χ4n) is 20.5. The van der Waals surface area contributed by atoms with Crippen molar-refractivity contribution in [2.45, 2.75) is 336 Å². The van der Waals surface area contributed by atoms with Gasteiger partial charge in [0.05, 0.1) is 55.6 Å². The van der Waals surface area contributed by atoms with Crippen LogP contribution in [-0.4, -0.2) is 341 Å². The molecule has 0 aromatic heterocycles. The van der Waals surface area contributed by atoms with Crippen molar-refractivity contribution in [1.29, 1.82) is 0 Å². The van der Waals surface area contributed by atoms with E-state index in [1.807, 2.05) is 0 Å². The molecule has 110 heavy (non-hydrogen) atoms. The van der Waals surface area contributed by atoms with Crippen LogP contribution in [0.1, 0.15) is 133 Å². The molecular weight excluding hydrogens is 1470 g/mol. The molecule has 11 fully saturated rings. The standard InChI is InChI=1S/C73H112O37/c1-27-51(104-62-50(91)53(35(80)25-97-62)105-60-45(86)40(81)33(78)23-95-60)44(85)48(89)63(98-27)109-58-56(101-30(4)77)52(100-29(3)76)28(2)99-65(58)110-67(94)73-19-17-68(5,6)21-32(73)31-11-12-38-69(7)15-14-39(70(8,26-75)37(69)13-16-72(38,10)71(31,9)18-20-73)103-66-57(108-64-47(88)43(84)42(83)36(22-74)102-64)54(49(90)55(107-66)59(92)93)106-61-46(87)41(82)34(79)24-96-61/h11,26-28,32-58,60-66,74,78-91H,12-25H2,1-10H3,(H,92,93)/t27-,28+,32-,33+,34+,35+,36+,37+,38+,39-,40-,41-,42-,43-,44-,45+,46+,47+,48+,49-,50+,51-,52-,53-,54-,55-,56-,57+,58+,60-,61-,62-,63-,64-,65-,66+,69-,70-,71+,72+,73-/m0/s1. The van der Waals surface area contributed by atoms with Gasteiger partial charge in [0.1, 0.15) is 122 Å². The van der Waals surface area contributed by atoms with Gasteiger partial charge in [-0.25, -0.2) is 4.79 Å². The summed E-state index contributed by atoms with van der Waals surface area (Å²) in [7, 11) is 0. The third kappa shape index (κ3) is 15.3. The molecular formula is C73H112O37. The first-order valence-electron chi connectivity index (χ1n) is 38.1. The number of aliphatic carboxylic acids is 1. The molecule has 12 rings (SSSR count). The Morgan fingerprint density at radius 1 is 0.482 bits per heavy atom. The van der Waals surface area contributed by atoms with E-state index in [2.05, 4.69) is 40.7 Å². The van der Waals surface area contributed by atoms with Crippen LogP contribution in [0, 0.1) is 50.2 Å². The third-order valence-corrected chi connectivity index (χ3v) is 27.0. The lowest BCUT2D eigenvalue weighted by Crippen LogP contribution is -2.69. The number of carboxylic acids is 1. The first kappa shape index (κ1) is 85.5. The van der Waals surface area contributed by atoms with Crippen LogP contribution in [0.3, 0.4) is 0 Å². The van der Waals surface area contributed by atoms with E-state index in [-0.39, 0.29) is 17.8 Å². The molecule has 7 saturated heterocycles. The lowest BCUT2D eigenvalue weighted by atomic mass is 9.33. The Hall–Kier alpha value is -3.83. The van der Waals surface area contributed by atoms with Crippen LogP contribution in [-0.2, 0) is 99.8 Å². The Kier molecular flexibility index (Phi) is 25.3. The number of fused-ring (bicyclic) bond motifs is 7. The van der Waals surface area contributed by atoms with Gasteiger partial charge in [0.25, 0.3) is 0 Å². The number of ether oxygens (including phenoxy) is 16. The first-order chi connectivity index (χ1) is 51.6. The van der Waals surface area contributed by atoms with E-state index in [0.29, 0.717) is 57.8 Å². The van der Waals surface area contributed by atoms with Gasteiger partial charge in [0.2, 0.25) is 6.29 Å². The number of hydrogen-bond acceptors (Lipinski definition) is 36. The van der Waals surface area contributed by atoms with Gasteiger partial charge in [-0.2, -0.15) is 0 Å². The van der Waals surface area contributed by atoms with Crippen LogP contribution in [0.4, 0.5) is 0 Å². The quantitative estimate of drug-likeness (QED) is 0.0192. The zero-order valence-electron chi connectivity index (χ0n) is 63.1. The molecule has 0 aromatic carbocycles. The monoisotopic (exact) mass is 1580 g/mol. The van der Waals surface area contributed by atoms with E-state index >= 15 is 4.79 Å². The number of aliphatic hydroxyl groups excluding tert-OH is 15. The predicted molar refractivity (Wildman–Crippen MR) is 360 cm³/mol. The minimum atomic E-state index is -2.22. The molecule has 37 nitrogen and oxygen atoms in total. The molecule has 41 atom stereocenters. The number of allylic oxidation sites excluding steroid dienone is 2. The maximum atomic E-state index is 16.0. The van der Waals surface area contributed by atoms with E-state index in [1.165, 1.54) is 13.8 Å². The fourth-order valence-corrected chi connectivity index (χ4v) is 20.5. The molecule has 5 aliphatic carbocycles. The fraction of sp³-hybridized carbons (Fsp3) is 0.904. The summed E-state index contributed by atoms with van der Waals surface area (Å²) in [6.07, 6.45) is -50.6. The summed E-state index contributed by atoms with van der Waals surface area (Å²) in [5, 5.41) is 174. The number of carbonyl (C=O) groups is 5. The van der Waals surface area contributed by atoms with Crippen molar-refractivity contribution in [3.05, 3.63) is 11.6 Å². The summed E-state index contributed by atoms with van der Waals surface area (Å²) >= 11 is 0. The van der Waals surface area contributed by atoms with E-state index in [1.54, 1.807) is 6.92 Å². The molecule has 37 heteroatoms. The second-order valence-electron chi connectivity index (χ2n) is 34.2. The summed E-state index contributed by atoms with van der Waals surface area (Å²) in [4.78, 5) is 69.4. The minimum Gasteiger partial charge on any atom is -0.479 e. The SMILES string of the molecule is CC(=O)O[C@H]1[C@@H](OC(C)=O)[C@@H](C)O[C@@H](OC(=O)[C@]23CCC(C)(C)C[C@H]2C2=CC[C@@H]4[C@@]5(C)CC[C@H](O[C@@H]6O[C@H](C(=O)O)[C@@H](O)[C@H](O[C@@H]7OC[C@@H](O)[C@H](O)[C@H]7O)[C@H]6O[C@@H]6O[C@H](CO)[C@H](O)[C@H](O)[C@H]6O)[C@@](C)(C=O)[C@@H]5CC[C@@]4(C)[C@]2(C)CC3)[C@@H]1O[C@@H]1O[C@@H](C)[C@H](O[C@@H]2OC[C@@H](O)[C@H](O[C@@H]3OC[C@@H](O)[C@H](O)[C@H]3O)[C@H]2O)[C@@H](O)[C@H]1O. The Labute approximate surface area is 634 Å². The maximum absolute atomic E-state index is 16.0. The van der Waals surface area contributed by atoms with Crippen LogP contribution >= 0.6 is 0 Å². The number of rotatable bonds is 19. The van der Waals surface area contributed by atoms with Gasteiger partial charge < -0.3 is 162 Å². The van der Waals surface area contributed by atoms with Gasteiger partial charge >= 0.3 is 23.9 Å². The molecule has 0 spiro atoms. The smallest absolute Gasteiger partial charge is 0.335 e. The molecule has 0 aromatic rings. The Balaban J connectivity index is 0.798. The number of carbonyl (C=O) groups excluding carboxylic acids is 4. The van der Waals surface area contributed by atoms with Crippen molar-refractivity contribution in [2.75, 3.05) is 26.4 Å². The van der Waals surface area contributed by atoms with E-state index in [0.717, 1.165) is 25.7 Å². The number of aliphatic hydroxyl groups is 15. The maximum Gasteiger partial charge on any atom is 0.335 e. The Morgan fingerprint density at radius 3 is 1.60 bits per heavy atom. The number of aldehydes is 1. The average Bonchev–Trinajstić information content (AvgIpc) is 0.673. The highest BCUT2D eigenvalue weighted by Crippen LogP contribution is 2.76. The Morgan fingerprint density at radius 2 is 1.00 bits per heavy atom. The first-order valence-corrected chi connectivity index (χ1v) is 38.1. The summed E-state index contributed by atoms with van der Waals surface area (Å²) < 4.78 is 96.4. The molecule has 0 amide bonds. The van der Waals surface area contributed by atoms with Crippen molar-refractivity contribution in [3.8, 4) is 0 Å². The van der Waals surface area contributed by atoms with Gasteiger partial charge in [-0.05, 0) is 117 Å². The zero-order chi connectivity index (χ0) is 80.3. The highest BCUT2D eigenvalue weighted by molar-refractivity contribution is 5.79. The molecule has 12 aliphatic rings. The predicted octanol–water partition coefficient (Wildman–Crippen LogP) is -4.18. The molecule has 16 N–H and O–H groups in total. The largest absolute Gasteiger partial charge is 0.479 e. The zero-order valence-corrected chi connectivity index (χ0v) is 63.1. The summed E-state index contributed by atoms with van der Waals surface area (Å²) in [6.45, 7) is 15.3. The molecule has 0 unspecified atom stereocenters. The summed E-state index contributed by atoms with van der Waals surface area (Å²) in [6, 6.07) is 0. The van der Waals surface area contributed by atoms with E-state index in [9.17, 15) is 101 Å². The lowest BCUT2D eigenvalue weighted by molar-refractivity contribution is -0.391. The molecule has 626 valence electrons. The second kappa shape index (κ2) is 32.6. The lowest BCUT2D eigenvalue weighted by Gasteiger charge is -2.71. The number of esters is 3. The average molecular weight is 1580 g/mol. The van der Waals surface area contributed by atoms with Crippen molar-refractivity contribution >= 4 is 30.2 Å². The molecule has 7 heterocycles. The van der Waals surface area contributed by atoms with Crippen LogP contribution in [0.15, 0.2) is 11.6 Å². The number of hydrogen-bond donors (Lipinski definition) is 16. The van der Waals surface area contributed by atoms with E-state index < -0.39 is 292 Å². The van der Waals surface area contributed by atoms with E-state index in [4.69, 9.17) is 75.8 Å². The normalized spacial score (nSPS) is 52.3. The molecule has 4 saturated carbocycles. The minimum absolute atomic E-state index is 0.130.